The fraction of sp³-hybridized carbons (Fsp3) is 0.667. The Morgan fingerprint density at radius 3 is 3.00 bits per heavy atom. The Balaban J connectivity index is 2.13. The topological polar surface area (TPSA) is 38.2 Å². The molecule has 1 saturated heterocycles. The lowest BCUT2D eigenvalue weighted by Crippen LogP contribution is -2.22. The molecule has 94 valence electrons. The van der Waals surface area contributed by atoms with Crippen molar-refractivity contribution in [2.24, 2.45) is 0 Å². The maximum atomic E-state index is 5.57. The second kappa shape index (κ2) is 5.67. The first-order chi connectivity index (χ1) is 8.19. The highest BCUT2D eigenvalue weighted by molar-refractivity contribution is 9.09. The molecular formula is C12H18BrN3O. The molecule has 0 saturated carbocycles. The normalized spacial score (nSPS) is 19.7. The van der Waals surface area contributed by atoms with Crippen LogP contribution in [0, 0.1) is 6.92 Å². The van der Waals surface area contributed by atoms with Gasteiger partial charge in [-0.1, -0.05) is 22.9 Å². The number of hydrogen-bond donors (Lipinski definition) is 0. The number of hydrogen-bond acceptors (Lipinski definition) is 4. The maximum Gasteiger partial charge on any atom is 0.228 e. The number of nitrogens with zero attached hydrogens (tertiary/aromatic N) is 3. The highest BCUT2D eigenvalue weighted by Crippen LogP contribution is 2.23. The minimum atomic E-state index is 0.548. The molecule has 1 aromatic heterocycles. The molecule has 1 unspecified atom stereocenters. The first-order valence-electron chi connectivity index (χ1n) is 6.06. The largest absolute Gasteiger partial charge is 0.478 e. The van der Waals surface area contributed by atoms with Gasteiger partial charge in [0.2, 0.25) is 11.8 Å². The van der Waals surface area contributed by atoms with Gasteiger partial charge in [0.1, 0.15) is 0 Å². The van der Waals surface area contributed by atoms with Crippen LogP contribution in [-0.4, -0.2) is 34.5 Å². The molecule has 4 nitrogen and oxygen atoms in total. The van der Waals surface area contributed by atoms with Gasteiger partial charge in [0.05, 0.1) is 6.61 Å². The van der Waals surface area contributed by atoms with E-state index < -0.39 is 0 Å². The molecule has 0 bridgehead atoms. The van der Waals surface area contributed by atoms with E-state index in [1.54, 1.807) is 0 Å². The zero-order valence-electron chi connectivity index (χ0n) is 10.3. The van der Waals surface area contributed by atoms with Crippen LogP contribution in [0.3, 0.4) is 0 Å². The minimum absolute atomic E-state index is 0.548. The van der Waals surface area contributed by atoms with Gasteiger partial charge in [0.15, 0.2) is 0 Å². The highest BCUT2D eigenvalue weighted by Gasteiger charge is 2.22. The van der Waals surface area contributed by atoms with Crippen molar-refractivity contribution in [2.75, 3.05) is 24.6 Å². The molecular weight excluding hydrogens is 282 g/mol. The molecule has 0 aliphatic carbocycles. The average molecular weight is 300 g/mol. The molecule has 0 spiro atoms. The molecule has 1 fully saturated rings. The van der Waals surface area contributed by atoms with E-state index in [0.717, 1.165) is 37.6 Å². The van der Waals surface area contributed by atoms with Crippen LogP contribution >= 0.6 is 15.9 Å². The number of rotatable bonds is 4. The van der Waals surface area contributed by atoms with E-state index in [2.05, 4.69) is 37.7 Å². The summed E-state index contributed by atoms with van der Waals surface area (Å²) in [5.41, 5.74) is 0.958. The molecule has 1 aliphatic heterocycles. The zero-order chi connectivity index (χ0) is 12.3. The lowest BCUT2D eigenvalue weighted by molar-refractivity contribution is 0.304. The Hall–Kier alpha value is -0.840. The summed E-state index contributed by atoms with van der Waals surface area (Å²) in [6.45, 7) is 6.75. The summed E-state index contributed by atoms with van der Waals surface area (Å²) < 4.78 is 5.57. The van der Waals surface area contributed by atoms with Crippen LogP contribution in [0.4, 0.5) is 5.95 Å². The van der Waals surface area contributed by atoms with Crippen molar-refractivity contribution in [1.82, 2.24) is 9.97 Å². The molecule has 0 amide bonds. The van der Waals surface area contributed by atoms with Crippen molar-refractivity contribution >= 4 is 21.9 Å². The first-order valence-corrected chi connectivity index (χ1v) is 6.98. The predicted molar refractivity (Wildman–Crippen MR) is 72.1 cm³/mol. The van der Waals surface area contributed by atoms with Crippen LogP contribution in [0.15, 0.2) is 6.07 Å². The molecule has 2 rings (SSSR count). The smallest absolute Gasteiger partial charge is 0.228 e. The molecule has 1 aromatic rings. The third-order valence-corrected chi connectivity index (χ3v) is 3.43. The SMILES string of the molecule is CCCOc1cc(C)nc(N2CCC(Br)C2)n1. The number of anilines is 1. The Morgan fingerprint density at radius 1 is 1.53 bits per heavy atom. The van der Waals surface area contributed by atoms with Crippen molar-refractivity contribution in [3.63, 3.8) is 0 Å². The van der Waals surface area contributed by atoms with Gasteiger partial charge in [-0.25, -0.2) is 4.98 Å². The lowest BCUT2D eigenvalue weighted by Gasteiger charge is -2.16. The summed E-state index contributed by atoms with van der Waals surface area (Å²) in [5.74, 6) is 1.48. The molecule has 1 atom stereocenters. The van der Waals surface area contributed by atoms with Crippen molar-refractivity contribution < 1.29 is 4.74 Å². The summed E-state index contributed by atoms with van der Waals surface area (Å²) in [6.07, 6.45) is 2.13. The fourth-order valence-electron chi connectivity index (χ4n) is 1.85. The molecule has 17 heavy (non-hydrogen) atoms. The van der Waals surface area contributed by atoms with Crippen LogP contribution in [0.2, 0.25) is 0 Å². The number of aryl methyl sites for hydroxylation is 1. The second-order valence-electron chi connectivity index (χ2n) is 4.33. The number of aromatic nitrogens is 2. The van der Waals surface area contributed by atoms with Crippen LogP contribution in [0.5, 0.6) is 5.88 Å². The number of alkyl halides is 1. The summed E-state index contributed by atoms with van der Waals surface area (Å²) in [6, 6.07) is 1.89. The number of ether oxygens (including phenoxy) is 1. The average Bonchev–Trinajstić information content (AvgIpc) is 2.72. The van der Waals surface area contributed by atoms with Crippen LogP contribution in [-0.2, 0) is 0 Å². The Labute approximate surface area is 111 Å². The standard InChI is InChI=1S/C12H18BrN3O/c1-3-6-17-11-7-9(2)14-12(15-11)16-5-4-10(13)8-16/h7,10H,3-6,8H2,1-2H3. The van der Waals surface area contributed by atoms with E-state index in [4.69, 9.17) is 4.74 Å². The third kappa shape index (κ3) is 3.31. The van der Waals surface area contributed by atoms with Crippen LogP contribution in [0.1, 0.15) is 25.5 Å². The monoisotopic (exact) mass is 299 g/mol. The minimum Gasteiger partial charge on any atom is -0.478 e. The summed E-state index contributed by atoms with van der Waals surface area (Å²) in [5, 5.41) is 0. The van der Waals surface area contributed by atoms with Crippen LogP contribution < -0.4 is 9.64 Å². The van der Waals surface area contributed by atoms with Crippen molar-refractivity contribution in [2.45, 2.75) is 31.5 Å². The van der Waals surface area contributed by atoms with E-state index in [-0.39, 0.29) is 0 Å². The van der Waals surface area contributed by atoms with E-state index in [9.17, 15) is 0 Å². The van der Waals surface area contributed by atoms with E-state index in [1.807, 2.05) is 13.0 Å². The van der Waals surface area contributed by atoms with E-state index >= 15 is 0 Å². The molecule has 0 aromatic carbocycles. The van der Waals surface area contributed by atoms with Crippen LogP contribution in [0.25, 0.3) is 0 Å². The van der Waals surface area contributed by atoms with Crippen molar-refractivity contribution in [3.05, 3.63) is 11.8 Å². The third-order valence-electron chi connectivity index (χ3n) is 2.69. The van der Waals surface area contributed by atoms with Gasteiger partial charge in [-0.05, 0) is 19.8 Å². The quantitative estimate of drug-likeness (QED) is 0.801. The Bertz CT molecular complexity index is 386. The van der Waals surface area contributed by atoms with E-state index in [0.29, 0.717) is 17.3 Å². The summed E-state index contributed by atoms with van der Waals surface area (Å²) in [4.78, 5) is 11.7. The number of halogens is 1. The van der Waals surface area contributed by atoms with Gasteiger partial charge in [0.25, 0.3) is 0 Å². The lowest BCUT2D eigenvalue weighted by atomic mass is 10.4. The summed E-state index contributed by atoms with van der Waals surface area (Å²) >= 11 is 3.63. The Morgan fingerprint density at radius 2 is 2.35 bits per heavy atom. The van der Waals surface area contributed by atoms with E-state index in [1.165, 1.54) is 0 Å². The molecule has 2 heterocycles. The van der Waals surface area contributed by atoms with Gasteiger partial charge in [-0.15, -0.1) is 0 Å². The summed E-state index contributed by atoms with van der Waals surface area (Å²) in [7, 11) is 0. The second-order valence-corrected chi connectivity index (χ2v) is 5.62. The molecule has 0 radical (unpaired) electrons. The highest BCUT2D eigenvalue weighted by atomic mass is 79.9. The van der Waals surface area contributed by atoms with Crippen molar-refractivity contribution in [1.29, 1.82) is 0 Å². The molecule has 5 heteroatoms. The first kappa shape index (κ1) is 12.6. The zero-order valence-corrected chi connectivity index (χ0v) is 11.9. The maximum absolute atomic E-state index is 5.57. The Kier molecular flexibility index (Phi) is 4.20. The van der Waals surface area contributed by atoms with Gasteiger partial charge < -0.3 is 9.64 Å². The predicted octanol–water partition coefficient (Wildman–Crippen LogP) is 2.55. The fourth-order valence-corrected chi connectivity index (χ4v) is 2.40. The molecule has 1 aliphatic rings. The van der Waals surface area contributed by atoms with Gasteiger partial charge in [-0.2, -0.15) is 4.98 Å². The van der Waals surface area contributed by atoms with Gasteiger partial charge >= 0.3 is 0 Å². The van der Waals surface area contributed by atoms with Crippen molar-refractivity contribution in [3.8, 4) is 5.88 Å². The van der Waals surface area contributed by atoms with Gasteiger partial charge in [0, 0.05) is 29.7 Å². The molecule has 0 N–H and O–H groups in total. The van der Waals surface area contributed by atoms with Gasteiger partial charge in [-0.3, -0.25) is 0 Å².